The van der Waals surface area contributed by atoms with Crippen LogP contribution in [0, 0.1) is 0 Å². The Hall–Kier alpha value is -0.763. The van der Waals surface area contributed by atoms with Crippen LogP contribution in [0.15, 0.2) is 0 Å². The molecular formula is C11H18F3NO3Si. The van der Waals surface area contributed by atoms with Gasteiger partial charge >= 0.3 is 12.3 Å². The van der Waals surface area contributed by atoms with Gasteiger partial charge in [-0.3, -0.25) is 4.90 Å². The number of nitrogens with zero attached hydrogens (tertiary/aromatic N) is 1. The Balaban J connectivity index is 2.40. The van der Waals surface area contributed by atoms with E-state index in [1.54, 1.807) is 19.6 Å². The second kappa shape index (κ2) is 4.11. The number of fused-ring (bicyclic) bond motifs is 2. The highest BCUT2D eigenvalue weighted by Crippen LogP contribution is 2.54. The molecule has 0 aromatic rings. The lowest BCUT2D eigenvalue weighted by atomic mass is 9.84. The first-order chi connectivity index (χ1) is 8.48. The summed E-state index contributed by atoms with van der Waals surface area (Å²) in [7, 11) is -2.45. The topological polar surface area (TPSA) is 49.8 Å². The van der Waals surface area contributed by atoms with Crippen LogP contribution in [0.25, 0.3) is 0 Å². The number of hydrogen-bond acceptors (Lipinski definition) is 2. The van der Waals surface area contributed by atoms with Gasteiger partial charge in [0.25, 0.3) is 0 Å². The van der Waals surface area contributed by atoms with E-state index in [4.69, 9.17) is 9.53 Å². The predicted molar refractivity (Wildman–Crippen MR) is 64.5 cm³/mol. The Morgan fingerprint density at radius 3 is 2.32 bits per heavy atom. The van der Waals surface area contributed by atoms with Crippen LogP contribution in [-0.2, 0) is 4.43 Å². The molecule has 0 radical (unpaired) electrons. The molecular weight excluding hydrogens is 279 g/mol. The number of halogens is 3. The molecule has 2 aliphatic rings. The van der Waals surface area contributed by atoms with Gasteiger partial charge in [-0.2, -0.15) is 13.2 Å². The van der Waals surface area contributed by atoms with Crippen LogP contribution < -0.4 is 0 Å². The summed E-state index contributed by atoms with van der Waals surface area (Å²) < 4.78 is 46.0. The molecule has 0 aliphatic carbocycles. The van der Waals surface area contributed by atoms with E-state index >= 15 is 0 Å². The number of carbonyl (C=O) groups is 1. The average Bonchev–Trinajstić information content (AvgIpc) is 2.68. The fourth-order valence-corrected chi connectivity index (χ4v) is 4.76. The number of rotatable bonds is 2. The van der Waals surface area contributed by atoms with Crippen molar-refractivity contribution in [3.05, 3.63) is 0 Å². The molecule has 19 heavy (non-hydrogen) atoms. The molecule has 110 valence electrons. The summed E-state index contributed by atoms with van der Waals surface area (Å²) in [5.74, 6) is 0. The summed E-state index contributed by atoms with van der Waals surface area (Å²) in [4.78, 5) is 12.1. The zero-order chi connectivity index (χ0) is 14.6. The third-order valence-corrected chi connectivity index (χ3v) is 4.75. The quantitative estimate of drug-likeness (QED) is 0.797. The highest BCUT2D eigenvalue weighted by atomic mass is 28.4. The zero-order valence-electron chi connectivity index (χ0n) is 11.1. The monoisotopic (exact) mass is 297 g/mol. The van der Waals surface area contributed by atoms with Gasteiger partial charge in [0.05, 0.1) is 6.04 Å². The lowest BCUT2D eigenvalue weighted by Crippen LogP contribution is -2.60. The number of alkyl halides is 3. The van der Waals surface area contributed by atoms with Crippen LogP contribution in [-0.4, -0.2) is 48.3 Å². The Kier molecular flexibility index (Phi) is 3.17. The Labute approximate surface area is 110 Å². The first-order valence-corrected chi connectivity index (χ1v) is 9.67. The van der Waals surface area contributed by atoms with Crippen LogP contribution >= 0.6 is 0 Å². The minimum atomic E-state index is -4.54. The second-order valence-corrected chi connectivity index (χ2v) is 10.7. The minimum absolute atomic E-state index is 0.223. The molecule has 0 spiro atoms. The smallest absolute Gasteiger partial charge is 0.418 e. The molecule has 2 fully saturated rings. The van der Waals surface area contributed by atoms with E-state index in [0.717, 1.165) is 4.90 Å². The first kappa shape index (κ1) is 14.6. The Morgan fingerprint density at radius 1 is 1.37 bits per heavy atom. The van der Waals surface area contributed by atoms with Gasteiger partial charge in [-0.25, -0.2) is 4.79 Å². The molecule has 0 aromatic carbocycles. The van der Waals surface area contributed by atoms with Gasteiger partial charge in [-0.05, 0) is 32.5 Å². The van der Waals surface area contributed by atoms with E-state index in [-0.39, 0.29) is 12.8 Å². The summed E-state index contributed by atoms with van der Waals surface area (Å²) in [6.07, 6.45) is -5.37. The van der Waals surface area contributed by atoms with Crippen LogP contribution in [0.1, 0.15) is 19.3 Å². The van der Waals surface area contributed by atoms with E-state index < -0.39 is 38.3 Å². The molecule has 0 saturated carbocycles. The lowest BCUT2D eigenvalue weighted by molar-refractivity contribution is -0.260. The lowest BCUT2D eigenvalue weighted by Gasteiger charge is -2.42. The molecule has 2 heterocycles. The molecule has 2 rings (SSSR count). The van der Waals surface area contributed by atoms with Gasteiger partial charge in [0.15, 0.2) is 13.9 Å². The second-order valence-electron chi connectivity index (χ2n) is 6.24. The first-order valence-electron chi connectivity index (χ1n) is 6.26. The molecule has 0 aromatic heterocycles. The van der Waals surface area contributed by atoms with Crippen LogP contribution in [0.2, 0.25) is 19.6 Å². The summed E-state index contributed by atoms with van der Waals surface area (Å²) in [5, 5.41) is 9.10. The van der Waals surface area contributed by atoms with Gasteiger partial charge in [-0.15, -0.1) is 0 Å². The predicted octanol–water partition coefficient (Wildman–Crippen LogP) is 3.05. The van der Waals surface area contributed by atoms with Gasteiger partial charge in [0.1, 0.15) is 0 Å². The molecule has 2 saturated heterocycles. The van der Waals surface area contributed by atoms with Crippen LogP contribution in [0.3, 0.4) is 0 Å². The van der Waals surface area contributed by atoms with Crippen molar-refractivity contribution in [3.63, 3.8) is 0 Å². The highest BCUT2D eigenvalue weighted by molar-refractivity contribution is 6.69. The van der Waals surface area contributed by atoms with Crippen molar-refractivity contribution < 1.29 is 27.5 Å². The molecule has 1 amide bonds. The normalized spacial score (nSPS) is 34.9. The SMILES string of the molecule is C[Si](C)(C)O[C@]1(C(F)(F)F)C[C@@H]2CC[C@H]1N2C(=O)O. The fourth-order valence-electron chi connectivity index (χ4n) is 3.34. The summed E-state index contributed by atoms with van der Waals surface area (Å²) in [6.45, 7) is 5.08. The van der Waals surface area contributed by atoms with E-state index in [2.05, 4.69) is 0 Å². The molecule has 0 unspecified atom stereocenters. The standard InChI is InChI=1S/C11H18F3NO3Si/c1-19(2,3)18-10(11(12,13)14)6-7-4-5-8(10)15(7)9(16)17/h7-8H,4-6H2,1-3H3,(H,16,17)/t7-,8+,10+/m0/s1. The third-order valence-electron chi connectivity index (χ3n) is 3.77. The largest absolute Gasteiger partial charge is 0.465 e. The van der Waals surface area contributed by atoms with Crippen molar-refractivity contribution in [3.8, 4) is 0 Å². The van der Waals surface area contributed by atoms with Crippen molar-refractivity contribution in [1.82, 2.24) is 4.90 Å². The van der Waals surface area contributed by atoms with Crippen LogP contribution in [0.5, 0.6) is 0 Å². The van der Waals surface area contributed by atoms with Crippen molar-refractivity contribution in [2.75, 3.05) is 0 Å². The number of hydrogen-bond donors (Lipinski definition) is 1. The summed E-state index contributed by atoms with van der Waals surface area (Å²) in [5.41, 5.74) is -2.31. The van der Waals surface area contributed by atoms with Crippen molar-refractivity contribution in [2.24, 2.45) is 0 Å². The van der Waals surface area contributed by atoms with E-state index in [1.165, 1.54) is 0 Å². The molecule has 8 heteroatoms. The summed E-state index contributed by atoms with van der Waals surface area (Å²) in [6, 6.07) is -1.66. The molecule has 1 N–H and O–H groups in total. The minimum Gasteiger partial charge on any atom is -0.465 e. The van der Waals surface area contributed by atoms with Gasteiger partial charge in [0, 0.05) is 12.5 Å². The molecule has 2 aliphatic heterocycles. The van der Waals surface area contributed by atoms with Crippen molar-refractivity contribution in [2.45, 2.75) is 62.8 Å². The number of amides is 1. The van der Waals surface area contributed by atoms with E-state index in [9.17, 15) is 18.0 Å². The van der Waals surface area contributed by atoms with Gasteiger partial charge in [-0.1, -0.05) is 0 Å². The Bertz CT molecular complexity index is 396. The molecule has 2 bridgehead atoms. The Morgan fingerprint density at radius 2 is 1.95 bits per heavy atom. The maximum absolute atomic E-state index is 13.5. The summed E-state index contributed by atoms with van der Waals surface area (Å²) >= 11 is 0. The highest BCUT2D eigenvalue weighted by Gasteiger charge is 2.71. The van der Waals surface area contributed by atoms with Gasteiger partial charge < -0.3 is 9.53 Å². The maximum atomic E-state index is 13.5. The van der Waals surface area contributed by atoms with Gasteiger partial charge in [0.2, 0.25) is 0 Å². The third kappa shape index (κ3) is 2.24. The fraction of sp³-hybridized carbons (Fsp3) is 0.909. The molecule has 4 nitrogen and oxygen atoms in total. The zero-order valence-corrected chi connectivity index (χ0v) is 12.1. The van der Waals surface area contributed by atoms with E-state index in [1.807, 2.05) is 0 Å². The van der Waals surface area contributed by atoms with E-state index in [0.29, 0.717) is 6.42 Å². The average molecular weight is 297 g/mol. The maximum Gasteiger partial charge on any atom is 0.418 e. The number of carboxylic acid groups (broad SMARTS) is 1. The molecule has 3 atom stereocenters. The van der Waals surface area contributed by atoms with Crippen molar-refractivity contribution in [1.29, 1.82) is 0 Å². The van der Waals surface area contributed by atoms with Crippen LogP contribution in [0.4, 0.5) is 18.0 Å². The van der Waals surface area contributed by atoms with Crippen molar-refractivity contribution >= 4 is 14.4 Å².